The van der Waals surface area contributed by atoms with Gasteiger partial charge >= 0.3 is 5.97 Å². The Morgan fingerprint density at radius 2 is 2.13 bits per heavy atom. The number of aliphatic carboxylic acids is 1. The van der Waals surface area contributed by atoms with Gasteiger partial charge in [-0.25, -0.2) is 0 Å². The second-order valence-electron chi connectivity index (χ2n) is 5.31. The van der Waals surface area contributed by atoms with Crippen molar-refractivity contribution < 1.29 is 14.6 Å². The largest absolute Gasteiger partial charge is 0.497 e. The fourth-order valence-electron chi connectivity index (χ4n) is 2.83. The zero-order chi connectivity index (χ0) is 16.6. The summed E-state index contributed by atoms with van der Waals surface area (Å²) in [6, 6.07) is 9.65. The van der Waals surface area contributed by atoms with Crippen molar-refractivity contribution in [1.82, 2.24) is 4.57 Å². The number of carboxylic acid groups (broad SMARTS) is 1. The Hall–Kier alpha value is -1.98. The Labute approximate surface area is 142 Å². The quantitative estimate of drug-likeness (QED) is 0.745. The van der Waals surface area contributed by atoms with Crippen LogP contribution in [0.15, 0.2) is 30.3 Å². The molecular weight excluding hydrogens is 334 g/mol. The number of hydrogen-bond acceptors (Lipinski definition) is 3. The molecule has 0 bridgehead atoms. The fraction of sp³-hybridized carbons (Fsp3) is 0.235. The molecule has 0 saturated heterocycles. The molecular formula is C17H16ClNO3S. The van der Waals surface area contributed by atoms with Crippen LogP contribution in [0, 0.1) is 6.92 Å². The zero-order valence-corrected chi connectivity index (χ0v) is 14.4. The van der Waals surface area contributed by atoms with Gasteiger partial charge in [0.15, 0.2) is 0 Å². The van der Waals surface area contributed by atoms with E-state index in [0.29, 0.717) is 6.54 Å². The van der Waals surface area contributed by atoms with Crippen LogP contribution in [0.3, 0.4) is 0 Å². The summed E-state index contributed by atoms with van der Waals surface area (Å²) in [7, 11) is 1.61. The highest BCUT2D eigenvalue weighted by atomic mass is 35.5. The lowest BCUT2D eigenvalue weighted by Gasteiger charge is -2.07. The number of rotatable bonds is 5. The summed E-state index contributed by atoms with van der Waals surface area (Å²) in [4.78, 5) is 12.4. The molecule has 2 aromatic heterocycles. The third-order valence-corrected chi connectivity index (χ3v) is 5.15. The molecule has 4 nitrogen and oxygen atoms in total. The molecule has 0 aliphatic heterocycles. The SMILES string of the molecule is COc1ccc2c(c1)c(CC(=O)O)c(C)n2Cc1ccc(Cl)s1. The standard InChI is InChI=1S/C17H16ClNO3S/c1-10-13(8-17(20)21)14-7-11(22-2)3-5-15(14)19(10)9-12-4-6-16(18)23-12/h3-7H,8-9H2,1-2H3,(H,20,21). The summed E-state index contributed by atoms with van der Waals surface area (Å²) in [5, 5.41) is 10.1. The van der Waals surface area contributed by atoms with Crippen LogP contribution in [-0.2, 0) is 17.8 Å². The zero-order valence-electron chi connectivity index (χ0n) is 12.8. The van der Waals surface area contributed by atoms with Gasteiger partial charge < -0.3 is 14.4 Å². The lowest BCUT2D eigenvalue weighted by atomic mass is 10.1. The molecule has 3 aromatic rings. The highest BCUT2D eigenvalue weighted by Crippen LogP contribution is 2.32. The van der Waals surface area contributed by atoms with E-state index in [1.54, 1.807) is 7.11 Å². The molecule has 0 amide bonds. The van der Waals surface area contributed by atoms with Crippen LogP contribution >= 0.6 is 22.9 Å². The third kappa shape index (κ3) is 3.07. The first-order chi connectivity index (χ1) is 11.0. The van der Waals surface area contributed by atoms with Crippen molar-refractivity contribution in [3.63, 3.8) is 0 Å². The molecule has 0 aliphatic rings. The molecule has 0 aliphatic carbocycles. The Morgan fingerprint density at radius 3 is 2.74 bits per heavy atom. The number of aromatic nitrogens is 1. The van der Waals surface area contributed by atoms with Gasteiger partial charge in [-0.1, -0.05) is 11.6 Å². The van der Waals surface area contributed by atoms with Crippen LogP contribution in [-0.4, -0.2) is 22.8 Å². The van der Waals surface area contributed by atoms with Crippen LogP contribution in [0.5, 0.6) is 5.75 Å². The average molecular weight is 350 g/mol. The number of methoxy groups -OCH3 is 1. The van der Waals surface area contributed by atoms with Gasteiger partial charge in [0.25, 0.3) is 0 Å². The molecule has 1 N–H and O–H groups in total. The summed E-state index contributed by atoms with van der Waals surface area (Å²) in [5.74, 6) is -0.116. The molecule has 2 heterocycles. The Kier molecular flexibility index (Phi) is 4.33. The van der Waals surface area contributed by atoms with Crippen LogP contribution in [0.1, 0.15) is 16.1 Å². The lowest BCUT2D eigenvalue weighted by Crippen LogP contribution is -2.04. The molecule has 0 saturated carbocycles. The highest BCUT2D eigenvalue weighted by Gasteiger charge is 2.17. The maximum Gasteiger partial charge on any atom is 0.307 e. The van der Waals surface area contributed by atoms with E-state index in [-0.39, 0.29) is 6.42 Å². The van der Waals surface area contributed by atoms with Crippen molar-refractivity contribution in [3.8, 4) is 5.75 Å². The van der Waals surface area contributed by atoms with Gasteiger partial charge in [-0.05, 0) is 42.8 Å². The van der Waals surface area contributed by atoms with Crippen LogP contribution in [0.25, 0.3) is 10.9 Å². The number of nitrogens with zero attached hydrogens (tertiary/aromatic N) is 1. The van der Waals surface area contributed by atoms with E-state index in [0.717, 1.165) is 37.1 Å². The Balaban J connectivity index is 2.16. The predicted molar refractivity (Wildman–Crippen MR) is 93.0 cm³/mol. The molecule has 0 unspecified atom stereocenters. The maximum atomic E-state index is 11.2. The van der Waals surface area contributed by atoms with Gasteiger partial charge in [0.2, 0.25) is 0 Å². The maximum absolute atomic E-state index is 11.2. The summed E-state index contributed by atoms with van der Waals surface area (Å²) in [6.07, 6.45) is -0.00625. The van der Waals surface area contributed by atoms with Crippen molar-refractivity contribution in [3.05, 3.63) is 50.8 Å². The lowest BCUT2D eigenvalue weighted by molar-refractivity contribution is -0.136. The summed E-state index contributed by atoms with van der Waals surface area (Å²) < 4.78 is 8.17. The molecule has 0 spiro atoms. The summed E-state index contributed by atoms with van der Waals surface area (Å²) >= 11 is 7.55. The predicted octanol–water partition coefficient (Wildman–Crippen LogP) is 4.35. The third-order valence-electron chi connectivity index (χ3n) is 3.93. The minimum absolute atomic E-state index is 0.00625. The topological polar surface area (TPSA) is 51.5 Å². The van der Waals surface area contributed by atoms with Crippen molar-refractivity contribution in [2.75, 3.05) is 7.11 Å². The molecule has 0 atom stereocenters. The van der Waals surface area contributed by atoms with E-state index in [1.165, 1.54) is 11.3 Å². The van der Waals surface area contributed by atoms with Gasteiger partial charge in [0, 0.05) is 21.5 Å². The van der Waals surface area contributed by atoms with Crippen molar-refractivity contribution in [1.29, 1.82) is 0 Å². The number of thiophene rings is 1. The van der Waals surface area contributed by atoms with Crippen molar-refractivity contribution in [2.24, 2.45) is 0 Å². The molecule has 6 heteroatoms. The van der Waals surface area contributed by atoms with E-state index >= 15 is 0 Å². The van der Waals surface area contributed by atoms with Crippen LogP contribution < -0.4 is 4.74 Å². The highest BCUT2D eigenvalue weighted by molar-refractivity contribution is 7.16. The summed E-state index contributed by atoms with van der Waals surface area (Å²) in [6.45, 7) is 2.63. The number of hydrogen-bond donors (Lipinski definition) is 1. The average Bonchev–Trinajstić information content (AvgIpc) is 3.03. The second-order valence-corrected chi connectivity index (χ2v) is 7.11. The molecule has 23 heavy (non-hydrogen) atoms. The van der Waals surface area contributed by atoms with Gasteiger partial charge in [0.05, 0.1) is 24.4 Å². The van der Waals surface area contributed by atoms with Gasteiger partial charge in [-0.3, -0.25) is 4.79 Å². The molecule has 120 valence electrons. The number of carbonyl (C=O) groups is 1. The van der Waals surface area contributed by atoms with E-state index in [9.17, 15) is 9.90 Å². The molecule has 1 aromatic carbocycles. The summed E-state index contributed by atoms with van der Waals surface area (Å²) in [5.41, 5.74) is 2.79. The second kappa shape index (κ2) is 6.26. The van der Waals surface area contributed by atoms with Gasteiger partial charge in [0.1, 0.15) is 5.75 Å². The number of halogens is 1. The first kappa shape index (κ1) is 15.9. The van der Waals surface area contributed by atoms with E-state index in [1.807, 2.05) is 37.3 Å². The van der Waals surface area contributed by atoms with E-state index in [4.69, 9.17) is 16.3 Å². The molecule has 3 rings (SSSR count). The van der Waals surface area contributed by atoms with Crippen LogP contribution in [0.2, 0.25) is 4.34 Å². The van der Waals surface area contributed by atoms with Gasteiger partial charge in [-0.15, -0.1) is 11.3 Å². The minimum Gasteiger partial charge on any atom is -0.497 e. The Morgan fingerprint density at radius 1 is 1.35 bits per heavy atom. The Bertz CT molecular complexity index is 881. The number of ether oxygens (including phenoxy) is 1. The van der Waals surface area contributed by atoms with Crippen molar-refractivity contribution >= 4 is 39.8 Å². The molecule has 0 radical (unpaired) electrons. The monoisotopic (exact) mass is 349 g/mol. The number of fused-ring (bicyclic) bond motifs is 1. The smallest absolute Gasteiger partial charge is 0.307 e. The van der Waals surface area contributed by atoms with E-state index in [2.05, 4.69) is 4.57 Å². The van der Waals surface area contributed by atoms with E-state index < -0.39 is 5.97 Å². The van der Waals surface area contributed by atoms with Gasteiger partial charge in [-0.2, -0.15) is 0 Å². The fourth-order valence-corrected chi connectivity index (χ4v) is 3.90. The molecule has 0 fully saturated rings. The number of benzene rings is 1. The normalized spacial score (nSPS) is 11.1. The van der Waals surface area contributed by atoms with Crippen LogP contribution in [0.4, 0.5) is 0 Å². The first-order valence-electron chi connectivity index (χ1n) is 7.11. The minimum atomic E-state index is -0.839. The number of carboxylic acids is 1. The first-order valence-corrected chi connectivity index (χ1v) is 8.30. The van der Waals surface area contributed by atoms with Crippen molar-refractivity contribution in [2.45, 2.75) is 19.9 Å².